The van der Waals surface area contributed by atoms with Crippen molar-refractivity contribution in [2.24, 2.45) is 0 Å². The molecule has 2 rings (SSSR count). The summed E-state index contributed by atoms with van der Waals surface area (Å²) >= 11 is 0. The Hall–Kier alpha value is -0.755. The number of hydrogen-bond donors (Lipinski definition) is 1. The molecule has 1 N–H and O–H groups in total. The Kier molecular flexibility index (Phi) is 2.18. The molecule has 0 unspecified atom stereocenters. The van der Waals surface area contributed by atoms with E-state index in [1.54, 1.807) is 0 Å². The summed E-state index contributed by atoms with van der Waals surface area (Å²) in [6.45, 7) is 2.24. The first kappa shape index (κ1) is 7.87. The second kappa shape index (κ2) is 3.32. The highest BCUT2D eigenvalue weighted by Crippen LogP contribution is 2.20. The highest BCUT2D eigenvalue weighted by Gasteiger charge is 2.15. The third-order valence-corrected chi connectivity index (χ3v) is 2.44. The van der Waals surface area contributed by atoms with Crippen molar-refractivity contribution in [3.05, 3.63) is 29.8 Å². The van der Waals surface area contributed by atoms with Gasteiger partial charge in [0.2, 0.25) is 0 Å². The molecule has 0 saturated carbocycles. The van der Waals surface area contributed by atoms with Crippen LogP contribution >= 0.6 is 0 Å². The number of hydrogen-bond acceptors (Lipinski definition) is 1. The number of nitrogens with one attached hydrogen (secondary N) is 1. The molecule has 2 heteroatoms. The Balaban J connectivity index is 2.21. The summed E-state index contributed by atoms with van der Waals surface area (Å²) in [6, 6.07) is 8.21. The van der Waals surface area contributed by atoms with E-state index in [9.17, 15) is 0 Å². The van der Waals surface area contributed by atoms with Gasteiger partial charge in [-0.1, -0.05) is 29.7 Å². The molecule has 0 amide bonds. The van der Waals surface area contributed by atoms with Crippen LogP contribution in [0.1, 0.15) is 17.9 Å². The molecule has 1 fully saturated rings. The standard InChI is InChI=1S/C10H12BN/c11-10-3-1-2-8(6-10)9-4-5-12-7-9/h1-3,6,9,12H,4-5,7H2/t9-/m1/s1. The first-order valence-electron chi connectivity index (χ1n) is 4.42. The minimum atomic E-state index is 0.675. The topological polar surface area (TPSA) is 12.0 Å². The van der Waals surface area contributed by atoms with E-state index >= 15 is 0 Å². The number of rotatable bonds is 1. The molecule has 1 aromatic carbocycles. The van der Waals surface area contributed by atoms with E-state index in [0.29, 0.717) is 5.92 Å². The molecule has 1 aromatic rings. The molecule has 1 atom stereocenters. The van der Waals surface area contributed by atoms with Gasteiger partial charge in [-0.25, -0.2) is 0 Å². The van der Waals surface area contributed by atoms with Gasteiger partial charge in [-0.15, -0.1) is 0 Å². The zero-order chi connectivity index (χ0) is 8.39. The van der Waals surface area contributed by atoms with E-state index in [4.69, 9.17) is 7.85 Å². The summed E-state index contributed by atoms with van der Waals surface area (Å²) in [7, 11) is 5.71. The Morgan fingerprint density at radius 2 is 2.33 bits per heavy atom. The van der Waals surface area contributed by atoms with Gasteiger partial charge in [0, 0.05) is 6.54 Å². The molecule has 0 spiro atoms. The average molecular weight is 157 g/mol. The van der Waals surface area contributed by atoms with Crippen LogP contribution in [0.3, 0.4) is 0 Å². The van der Waals surface area contributed by atoms with E-state index in [0.717, 1.165) is 18.6 Å². The van der Waals surface area contributed by atoms with Crippen LogP contribution in [0.5, 0.6) is 0 Å². The van der Waals surface area contributed by atoms with Crippen molar-refractivity contribution in [2.75, 3.05) is 13.1 Å². The molecule has 1 aliphatic heterocycles. The average Bonchev–Trinajstić information content (AvgIpc) is 2.56. The maximum absolute atomic E-state index is 5.71. The van der Waals surface area contributed by atoms with Crippen LogP contribution in [-0.4, -0.2) is 20.9 Å². The van der Waals surface area contributed by atoms with Crippen LogP contribution in [0.15, 0.2) is 24.3 Å². The zero-order valence-corrected chi connectivity index (χ0v) is 7.09. The fraction of sp³-hybridized carbons (Fsp3) is 0.400. The first-order valence-corrected chi connectivity index (χ1v) is 4.42. The predicted octanol–water partition coefficient (Wildman–Crippen LogP) is 0.557. The number of benzene rings is 1. The van der Waals surface area contributed by atoms with Crippen molar-refractivity contribution in [1.29, 1.82) is 0 Å². The molecule has 0 bridgehead atoms. The van der Waals surface area contributed by atoms with Gasteiger partial charge < -0.3 is 5.32 Å². The molecule has 1 saturated heterocycles. The molecule has 0 aromatic heterocycles. The second-order valence-corrected chi connectivity index (χ2v) is 3.36. The van der Waals surface area contributed by atoms with Crippen LogP contribution in [0.25, 0.3) is 0 Å². The third-order valence-electron chi connectivity index (χ3n) is 2.44. The van der Waals surface area contributed by atoms with Gasteiger partial charge in [-0.2, -0.15) is 0 Å². The van der Waals surface area contributed by atoms with Gasteiger partial charge in [0.05, 0.1) is 0 Å². The fourth-order valence-electron chi connectivity index (χ4n) is 1.75. The quantitative estimate of drug-likeness (QED) is 0.587. The maximum atomic E-state index is 5.71. The van der Waals surface area contributed by atoms with Crippen molar-refractivity contribution in [3.8, 4) is 0 Å². The van der Waals surface area contributed by atoms with Crippen molar-refractivity contribution < 1.29 is 0 Å². The molecule has 60 valence electrons. The third kappa shape index (κ3) is 1.53. The highest BCUT2D eigenvalue weighted by molar-refractivity contribution is 6.32. The Labute approximate surface area is 74.6 Å². The smallest absolute Gasteiger partial charge is 0.113 e. The summed E-state index contributed by atoms with van der Waals surface area (Å²) in [4.78, 5) is 0. The Bertz CT molecular complexity index is 266. The minimum Gasteiger partial charge on any atom is -0.316 e. The molecule has 1 heterocycles. The zero-order valence-electron chi connectivity index (χ0n) is 7.09. The minimum absolute atomic E-state index is 0.675. The molecule has 1 nitrogen and oxygen atoms in total. The SMILES string of the molecule is [B]c1cccc([C@@H]2CCNC2)c1. The molecular formula is C10H12BN. The predicted molar refractivity (Wildman–Crippen MR) is 52.1 cm³/mol. The fourth-order valence-corrected chi connectivity index (χ4v) is 1.75. The maximum Gasteiger partial charge on any atom is 0.113 e. The largest absolute Gasteiger partial charge is 0.316 e. The normalized spacial score (nSPS) is 22.8. The van der Waals surface area contributed by atoms with E-state index in [2.05, 4.69) is 17.4 Å². The van der Waals surface area contributed by atoms with Crippen LogP contribution in [0.2, 0.25) is 0 Å². The Morgan fingerprint density at radius 1 is 1.42 bits per heavy atom. The van der Waals surface area contributed by atoms with Gasteiger partial charge >= 0.3 is 0 Å². The van der Waals surface area contributed by atoms with E-state index in [1.807, 2.05) is 12.1 Å². The second-order valence-electron chi connectivity index (χ2n) is 3.36. The molecule has 2 radical (unpaired) electrons. The van der Waals surface area contributed by atoms with Crippen molar-refractivity contribution in [1.82, 2.24) is 5.32 Å². The van der Waals surface area contributed by atoms with Gasteiger partial charge in [-0.3, -0.25) is 0 Å². The summed E-state index contributed by atoms with van der Waals surface area (Å²) in [5.41, 5.74) is 2.25. The highest BCUT2D eigenvalue weighted by atomic mass is 14.9. The lowest BCUT2D eigenvalue weighted by molar-refractivity contribution is 0.764. The van der Waals surface area contributed by atoms with Crippen molar-refractivity contribution >= 4 is 13.3 Å². The van der Waals surface area contributed by atoms with E-state index in [1.165, 1.54) is 12.0 Å². The summed E-state index contributed by atoms with van der Waals surface area (Å²) in [6.07, 6.45) is 1.24. The van der Waals surface area contributed by atoms with Gasteiger partial charge in [0.1, 0.15) is 7.85 Å². The van der Waals surface area contributed by atoms with Crippen molar-refractivity contribution in [3.63, 3.8) is 0 Å². The summed E-state index contributed by atoms with van der Waals surface area (Å²) < 4.78 is 0. The lowest BCUT2D eigenvalue weighted by atomic mass is 9.90. The Morgan fingerprint density at radius 3 is 3.00 bits per heavy atom. The van der Waals surface area contributed by atoms with E-state index in [-0.39, 0.29) is 0 Å². The molecule has 12 heavy (non-hydrogen) atoms. The van der Waals surface area contributed by atoms with Crippen LogP contribution in [0, 0.1) is 0 Å². The lowest BCUT2D eigenvalue weighted by Crippen LogP contribution is -2.10. The monoisotopic (exact) mass is 157 g/mol. The van der Waals surface area contributed by atoms with E-state index < -0.39 is 0 Å². The van der Waals surface area contributed by atoms with Crippen LogP contribution in [0.4, 0.5) is 0 Å². The van der Waals surface area contributed by atoms with Crippen molar-refractivity contribution in [2.45, 2.75) is 12.3 Å². The summed E-state index contributed by atoms with van der Waals surface area (Å²) in [5, 5.41) is 3.35. The van der Waals surface area contributed by atoms with Gasteiger partial charge in [0.25, 0.3) is 0 Å². The molecular weight excluding hydrogens is 145 g/mol. The first-order chi connectivity index (χ1) is 5.86. The summed E-state index contributed by atoms with van der Waals surface area (Å²) in [5.74, 6) is 0.675. The van der Waals surface area contributed by atoms with Crippen LogP contribution in [-0.2, 0) is 0 Å². The van der Waals surface area contributed by atoms with Gasteiger partial charge in [0.15, 0.2) is 0 Å². The molecule has 0 aliphatic carbocycles. The lowest BCUT2D eigenvalue weighted by Gasteiger charge is -2.08. The van der Waals surface area contributed by atoms with Crippen LogP contribution < -0.4 is 10.8 Å². The molecule has 1 aliphatic rings. The van der Waals surface area contributed by atoms with Gasteiger partial charge in [-0.05, 0) is 24.4 Å².